The highest BCUT2D eigenvalue weighted by Crippen LogP contribution is 2.86. The maximum Gasteiger partial charge on any atom is 0.338 e. The summed E-state index contributed by atoms with van der Waals surface area (Å²) in [5, 5.41) is 40.1. The summed E-state index contributed by atoms with van der Waals surface area (Å²) >= 11 is 0. The summed E-state index contributed by atoms with van der Waals surface area (Å²) in [6, 6.07) is 23.7. The number of carbonyl (C=O) groups excluding carboxylic acids is 6. The fourth-order valence-corrected chi connectivity index (χ4v) is 11.8. The molecule has 3 aromatic carbocycles. The summed E-state index contributed by atoms with van der Waals surface area (Å²) in [4.78, 5) is 83.2. The maximum atomic E-state index is 15.4. The Bertz CT molecular complexity index is 2350. The van der Waals surface area contributed by atoms with Crippen LogP contribution in [0.3, 0.4) is 0 Å². The minimum Gasteiger partial charge on any atom is -0.456 e. The molecule has 15 heteroatoms. The molecule has 1 amide bonds. The second-order valence-corrected chi connectivity index (χ2v) is 17.4. The minimum absolute atomic E-state index is 0.00900. The monoisotopic (exact) mass is 851 g/mol. The minimum atomic E-state index is -2.30. The van der Waals surface area contributed by atoms with Crippen LogP contribution in [-0.2, 0) is 54.1 Å². The quantitative estimate of drug-likeness (QED) is 0.124. The van der Waals surface area contributed by atoms with E-state index < -0.39 is 112 Å². The van der Waals surface area contributed by atoms with E-state index in [9.17, 15) is 39.3 Å². The number of esters is 4. The van der Waals surface area contributed by atoms with Crippen molar-refractivity contribution in [3.63, 3.8) is 0 Å². The Kier molecular flexibility index (Phi) is 10.6. The molecule has 8 rings (SSSR count). The molecule has 5 aliphatic rings. The Labute approximate surface area is 357 Å². The van der Waals surface area contributed by atoms with Gasteiger partial charge in [0.1, 0.15) is 23.9 Å². The van der Waals surface area contributed by atoms with Crippen LogP contribution >= 0.6 is 0 Å². The number of Topliss-reactive ketones (excluding diaryl/α,β-unsaturated/α-hetero) is 1. The molecule has 0 aromatic heterocycles. The molecular formula is C47H49NO14. The zero-order valence-electron chi connectivity index (χ0n) is 34.9. The standard InChI is InChI=1S/C47H49NO14/c1-25-31(60-41(56)37(53)36(29-17-11-7-12-18-29)48-34(52)21-28-15-9-6-10-16-28)23-45(57)42(61-40(55)30-19-13-8-14-20-30)47-43(4,32(51)22-33-46(47,24-58-33)62-27(3)50)39(54)38(59-26(2)49)35(25)44(45,47)5/h6-20,31-33,36-38,42,51,53,57H,21-24H2,1-5H3,(H,48,52)/t31-,32-,33+,36-,37+,38+,42+,43-,44-,45+,46-,47?/m0/s1. The number of rotatable bonds is 11. The van der Waals surface area contributed by atoms with Crippen LogP contribution in [0, 0.1) is 16.2 Å². The van der Waals surface area contributed by atoms with Crippen LogP contribution in [0.1, 0.15) is 75.0 Å². The van der Waals surface area contributed by atoms with Crippen LogP contribution < -0.4 is 5.32 Å². The Morgan fingerprint density at radius 3 is 2.06 bits per heavy atom. The van der Waals surface area contributed by atoms with Crippen molar-refractivity contribution >= 4 is 35.6 Å². The van der Waals surface area contributed by atoms with Crippen molar-refractivity contribution in [2.24, 2.45) is 16.2 Å². The zero-order chi connectivity index (χ0) is 44.6. The van der Waals surface area contributed by atoms with Gasteiger partial charge in [-0.05, 0) is 48.3 Å². The number of aliphatic hydroxyl groups excluding tert-OH is 2. The third-order valence-corrected chi connectivity index (χ3v) is 14.4. The number of ether oxygens (including phenoxy) is 5. The second kappa shape index (κ2) is 15.3. The molecule has 62 heavy (non-hydrogen) atoms. The molecule has 1 unspecified atom stereocenters. The highest BCUT2D eigenvalue weighted by Gasteiger charge is 2.99. The SMILES string of the molecule is CC(=O)O[C@H]1C(=O)[C@]2(C)[C@@H](O)C[C@H]3OC[C@@]3(OC(C)=O)C23[C@H](OC(=O)c2ccccc2)[C@]2(O)C[C@H](OC(=O)[C@H](O)[C@@H](NC(=O)Cc4ccccc4)c4ccccc4)C(C)=C1[C@]32C. The largest absolute Gasteiger partial charge is 0.456 e. The predicted molar refractivity (Wildman–Crippen MR) is 215 cm³/mol. The van der Waals surface area contributed by atoms with Crippen molar-refractivity contribution in [1.82, 2.24) is 5.32 Å². The number of nitrogens with one attached hydrogen (secondary N) is 1. The molecule has 1 saturated heterocycles. The average molecular weight is 852 g/mol. The Hall–Kier alpha value is -5.74. The van der Waals surface area contributed by atoms with E-state index in [0.717, 1.165) is 6.92 Å². The number of ketones is 1. The van der Waals surface area contributed by atoms with Gasteiger partial charge >= 0.3 is 23.9 Å². The summed E-state index contributed by atoms with van der Waals surface area (Å²) in [6.07, 6.45) is -10.3. The summed E-state index contributed by atoms with van der Waals surface area (Å²) < 4.78 is 30.4. The highest BCUT2D eigenvalue weighted by molar-refractivity contribution is 5.99. The van der Waals surface area contributed by atoms with Gasteiger partial charge in [-0.15, -0.1) is 0 Å². The number of hydrogen-bond donors (Lipinski definition) is 4. The lowest BCUT2D eigenvalue weighted by Gasteiger charge is -2.86. The molecule has 0 bridgehead atoms. The van der Waals surface area contributed by atoms with E-state index in [4.69, 9.17) is 23.7 Å². The topological polar surface area (TPSA) is 221 Å². The van der Waals surface area contributed by atoms with Gasteiger partial charge < -0.3 is 44.3 Å². The van der Waals surface area contributed by atoms with Crippen LogP contribution in [0.4, 0.5) is 0 Å². The number of aliphatic hydroxyl groups is 3. The summed E-state index contributed by atoms with van der Waals surface area (Å²) in [6.45, 7) is 6.51. The average Bonchev–Trinajstić information content (AvgIpc) is 3.24. The maximum absolute atomic E-state index is 15.4. The van der Waals surface area contributed by atoms with Gasteiger partial charge in [0.25, 0.3) is 0 Å². The smallest absolute Gasteiger partial charge is 0.338 e. The molecule has 1 spiro atoms. The Balaban J connectivity index is 1.26. The normalized spacial score (nSPS) is 34.9. The van der Waals surface area contributed by atoms with Crippen LogP contribution in [0.5, 0.6) is 0 Å². The lowest BCUT2D eigenvalue weighted by Crippen LogP contribution is -3.00. The first-order valence-corrected chi connectivity index (χ1v) is 20.6. The summed E-state index contributed by atoms with van der Waals surface area (Å²) in [5.74, 6) is -5.10. The Morgan fingerprint density at radius 1 is 0.871 bits per heavy atom. The lowest BCUT2D eigenvalue weighted by molar-refractivity contribution is -0.472. The molecule has 4 N–H and O–H groups in total. The van der Waals surface area contributed by atoms with Crippen molar-refractivity contribution < 1.29 is 67.8 Å². The molecule has 3 saturated carbocycles. The van der Waals surface area contributed by atoms with Gasteiger partial charge in [-0.1, -0.05) is 85.8 Å². The zero-order valence-corrected chi connectivity index (χ0v) is 34.9. The second-order valence-electron chi connectivity index (χ2n) is 17.4. The third kappa shape index (κ3) is 5.85. The van der Waals surface area contributed by atoms with Crippen molar-refractivity contribution in [1.29, 1.82) is 0 Å². The highest BCUT2D eigenvalue weighted by atomic mass is 16.6. The van der Waals surface area contributed by atoms with Gasteiger partial charge in [-0.25, -0.2) is 9.59 Å². The first kappa shape index (κ1) is 42.9. The van der Waals surface area contributed by atoms with Crippen molar-refractivity contribution in [3.8, 4) is 0 Å². The van der Waals surface area contributed by atoms with Gasteiger partial charge in [0.2, 0.25) is 5.91 Å². The molecule has 1 aliphatic heterocycles. The first-order chi connectivity index (χ1) is 29.4. The first-order valence-electron chi connectivity index (χ1n) is 20.6. The fourth-order valence-electron chi connectivity index (χ4n) is 11.8. The van der Waals surface area contributed by atoms with Gasteiger partial charge in [0, 0.05) is 32.1 Å². The third-order valence-electron chi connectivity index (χ3n) is 14.4. The molecule has 12 atom stereocenters. The van der Waals surface area contributed by atoms with Crippen LogP contribution in [0.15, 0.2) is 102 Å². The molecule has 0 radical (unpaired) electrons. The molecule has 15 nitrogen and oxygen atoms in total. The molecule has 1 heterocycles. The molecular weight excluding hydrogens is 803 g/mol. The fraction of sp³-hybridized carbons (Fsp3) is 0.447. The summed E-state index contributed by atoms with van der Waals surface area (Å²) in [5.41, 5.74) is -8.60. The van der Waals surface area contributed by atoms with Crippen LogP contribution in [-0.4, -0.2) is 105 Å². The van der Waals surface area contributed by atoms with Crippen molar-refractivity contribution in [2.75, 3.05) is 6.61 Å². The number of benzene rings is 3. The Morgan fingerprint density at radius 2 is 1.48 bits per heavy atom. The van der Waals surface area contributed by atoms with Crippen molar-refractivity contribution in [2.45, 2.75) is 108 Å². The van der Waals surface area contributed by atoms with Gasteiger partial charge in [0.05, 0.1) is 41.6 Å². The van der Waals surface area contributed by atoms with E-state index in [2.05, 4.69) is 5.32 Å². The summed E-state index contributed by atoms with van der Waals surface area (Å²) in [7, 11) is 0. The van der Waals surface area contributed by atoms with Crippen LogP contribution in [0.25, 0.3) is 0 Å². The lowest BCUT2D eigenvalue weighted by atomic mass is 9.20. The van der Waals surface area contributed by atoms with Gasteiger partial charge in [-0.2, -0.15) is 0 Å². The predicted octanol–water partition coefficient (Wildman–Crippen LogP) is 3.03. The van der Waals surface area contributed by atoms with E-state index >= 15 is 4.79 Å². The van der Waals surface area contributed by atoms with E-state index in [1.807, 2.05) is 0 Å². The molecule has 3 aromatic rings. The molecule has 4 aliphatic carbocycles. The van der Waals surface area contributed by atoms with E-state index in [-0.39, 0.29) is 36.2 Å². The number of hydrogen-bond acceptors (Lipinski definition) is 14. The van der Waals surface area contributed by atoms with E-state index in [1.54, 1.807) is 85.8 Å². The van der Waals surface area contributed by atoms with Gasteiger partial charge in [0.15, 0.2) is 23.6 Å². The number of fused-ring (bicyclic) bond motifs is 1. The number of carbonyl (C=O) groups is 6. The van der Waals surface area contributed by atoms with E-state index in [1.165, 1.54) is 32.9 Å². The van der Waals surface area contributed by atoms with E-state index in [0.29, 0.717) is 11.1 Å². The van der Waals surface area contributed by atoms with Crippen molar-refractivity contribution in [3.05, 3.63) is 119 Å². The number of amides is 1. The molecule has 4 fully saturated rings. The van der Waals surface area contributed by atoms with Crippen LogP contribution in [0.2, 0.25) is 0 Å². The van der Waals surface area contributed by atoms with Gasteiger partial charge in [-0.3, -0.25) is 19.2 Å². The molecule has 326 valence electrons.